The third-order valence-corrected chi connectivity index (χ3v) is 5.36. The lowest BCUT2D eigenvalue weighted by Gasteiger charge is -2.18. The second-order valence-corrected chi connectivity index (χ2v) is 6.89. The normalized spacial score (nSPS) is 12.3. The number of para-hydroxylation sites is 2. The number of methoxy groups -OCH3 is 1. The Labute approximate surface area is 151 Å². The molecule has 0 radical (unpaired) electrons. The second-order valence-electron chi connectivity index (χ2n) is 5.94. The average molecular weight is 354 g/mol. The Balaban J connectivity index is 2.03. The quantitative estimate of drug-likeness (QED) is 0.477. The first-order valence-corrected chi connectivity index (χ1v) is 9.40. The largest absolute Gasteiger partial charge is 0.496 e. The Kier molecular flexibility index (Phi) is 5.43. The third kappa shape index (κ3) is 3.56. The minimum absolute atomic E-state index is 0.0301. The zero-order valence-corrected chi connectivity index (χ0v) is 15.5. The van der Waals surface area contributed by atoms with Gasteiger partial charge in [-0.1, -0.05) is 49.0 Å². The van der Waals surface area contributed by atoms with E-state index in [0.29, 0.717) is 11.1 Å². The first kappa shape index (κ1) is 17.5. The van der Waals surface area contributed by atoms with E-state index in [4.69, 9.17) is 9.72 Å². The molecule has 0 aliphatic carbocycles. The highest BCUT2D eigenvalue weighted by molar-refractivity contribution is 7.98. The van der Waals surface area contributed by atoms with E-state index in [1.54, 1.807) is 18.9 Å². The fourth-order valence-corrected chi connectivity index (χ4v) is 3.85. The van der Waals surface area contributed by atoms with Gasteiger partial charge < -0.3 is 4.74 Å². The Hall–Kier alpha value is -2.27. The van der Waals surface area contributed by atoms with Crippen LogP contribution in [-0.4, -0.2) is 16.7 Å². The van der Waals surface area contributed by atoms with E-state index in [2.05, 4.69) is 13.8 Å². The van der Waals surface area contributed by atoms with Crippen LogP contribution >= 0.6 is 11.8 Å². The number of ether oxygens (including phenoxy) is 1. The smallest absolute Gasteiger partial charge is 0.262 e. The van der Waals surface area contributed by atoms with Crippen LogP contribution in [0.25, 0.3) is 10.9 Å². The molecule has 0 unspecified atom stereocenters. The van der Waals surface area contributed by atoms with Crippen LogP contribution < -0.4 is 10.3 Å². The van der Waals surface area contributed by atoms with E-state index in [9.17, 15) is 4.79 Å². The highest BCUT2D eigenvalue weighted by Crippen LogP contribution is 2.28. The molecule has 3 aromatic rings. The van der Waals surface area contributed by atoms with Crippen molar-refractivity contribution in [3.8, 4) is 5.75 Å². The minimum atomic E-state index is 0.0301. The summed E-state index contributed by atoms with van der Waals surface area (Å²) in [5.74, 6) is 1.55. The van der Waals surface area contributed by atoms with E-state index in [0.717, 1.165) is 28.4 Å². The fourth-order valence-electron chi connectivity index (χ4n) is 2.76. The molecule has 130 valence electrons. The topological polar surface area (TPSA) is 44.1 Å². The average Bonchev–Trinajstić information content (AvgIpc) is 2.66. The van der Waals surface area contributed by atoms with Gasteiger partial charge in [0, 0.05) is 17.4 Å². The summed E-state index contributed by atoms with van der Waals surface area (Å²) in [6.07, 6.45) is 0.877. The van der Waals surface area contributed by atoms with Gasteiger partial charge >= 0.3 is 0 Å². The molecule has 4 nitrogen and oxygen atoms in total. The lowest BCUT2D eigenvalue weighted by molar-refractivity contribution is 0.411. The number of aromatic nitrogens is 2. The predicted octanol–water partition coefficient (Wildman–Crippen LogP) is 4.67. The maximum Gasteiger partial charge on any atom is 0.262 e. The number of benzene rings is 2. The van der Waals surface area contributed by atoms with Gasteiger partial charge in [-0.05, 0) is 31.5 Å². The van der Waals surface area contributed by atoms with Crippen LogP contribution in [0.15, 0.2) is 58.5 Å². The molecule has 0 N–H and O–H groups in total. The van der Waals surface area contributed by atoms with Crippen LogP contribution in [0.5, 0.6) is 5.75 Å². The van der Waals surface area contributed by atoms with Gasteiger partial charge in [0.1, 0.15) is 5.75 Å². The maximum atomic E-state index is 13.0. The van der Waals surface area contributed by atoms with Crippen molar-refractivity contribution < 1.29 is 4.74 Å². The molecule has 0 aliphatic heterocycles. The summed E-state index contributed by atoms with van der Waals surface area (Å²) in [7, 11) is 1.67. The molecule has 2 aromatic carbocycles. The molecule has 0 fully saturated rings. The fraction of sp³-hybridized carbons (Fsp3) is 0.300. The molecule has 0 spiro atoms. The van der Waals surface area contributed by atoms with E-state index < -0.39 is 0 Å². The zero-order valence-electron chi connectivity index (χ0n) is 14.7. The molecule has 0 saturated carbocycles. The van der Waals surface area contributed by atoms with Gasteiger partial charge in [0.15, 0.2) is 5.16 Å². The summed E-state index contributed by atoms with van der Waals surface area (Å²) >= 11 is 1.57. The number of fused-ring (bicyclic) bond motifs is 1. The van der Waals surface area contributed by atoms with Crippen molar-refractivity contribution >= 4 is 22.7 Å². The molecule has 0 bridgehead atoms. The molecule has 0 saturated heterocycles. The number of rotatable bonds is 6. The van der Waals surface area contributed by atoms with Gasteiger partial charge in [-0.3, -0.25) is 9.36 Å². The van der Waals surface area contributed by atoms with Crippen LogP contribution in [0.2, 0.25) is 0 Å². The Morgan fingerprint density at radius 1 is 1.16 bits per heavy atom. The molecular formula is C20H22N2O2S. The standard InChI is InChI=1S/C20H22N2O2S/c1-4-14(2)22-19(23)16-10-6-7-11-17(16)21-20(22)25-13-15-9-5-8-12-18(15)24-3/h5-12,14H,4,13H2,1-3H3/t14-/m0/s1. The summed E-state index contributed by atoms with van der Waals surface area (Å²) in [4.78, 5) is 17.7. The summed E-state index contributed by atoms with van der Waals surface area (Å²) in [6, 6.07) is 15.6. The van der Waals surface area contributed by atoms with E-state index in [1.807, 2.05) is 53.1 Å². The van der Waals surface area contributed by atoms with Crippen LogP contribution in [0, 0.1) is 0 Å². The highest BCUT2D eigenvalue weighted by Gasteiger charge is 2.16. The van der Waals surface area contributed by atoms with Crippen LogP contribution in [-0.2, 0) is 5.75 Å². The van der Waals surface area contributed by atoms with Crippen molar-refractivity contribution in [2.24, 2.45) is 0 Å². The number of thioether (sulfide) groups is 1. The first-order chi connectivity index (χ1) is 12.2. The van der Waals surface area contributed by atoms with Gasteiger partial charge in [-0.2, -0.15) is 0 Å². The molecule has 0 amide bonds. The van der Waals surface area contributed by atoms with Crippen molar-refractivity contribution in [1.82, 2.24) is 9.55 Å². The van der Waals surface area contributed by atoms with Gasteiger partial charge in [0.05, 0.1) is 18.0 Å². The molecule has 1 aromatic heterocycles. The van der Waals surface area contributed by atoms with E-state index in [1.165, 1.54) is 0 Å². The molecule has 3 rings (SSSR count). The summed E-state index contributed by atoms with van der Waals surface area (Å²) in [5.41, 5.74) is 1.87. The van der Waals surface area contributed by atoms with E-state index in [-0.39, 0.29) is 11.6 Å². The number of nitrogens with zero attached hydrogens (tertiary/aromatic N) is 2. The van der Waals surface area contributed by atoms with Crippen LogP contribution in [0.4, 0.5) is 0 Å². The van der Waals surface area contributed by atoms with Crippen molar-refractivity contribution in [3.63, 3.8) is 0 Å². The third-order valence-electron chi connectivity index (χ3n) is 4.36. The summed E-state index contributed by atoms with van der Waals surface area (Å²) in [6.45, 7) is 4.14. The van der Waals surface area contributed by atoms with Crippen LogP contribution in [0.3, 0.4) is 0 Å². The minimum Gasteiger partial charge on any atom is -0.496 e. The molecular weight excluding hydrogens is 332 g/mol. The molecule has 5 heteroatoms. The lowest BCUT2D eigenvalue weighted by atomic mass is 10.2. The van der Waals surface area contributed by atoms with Crippen molar-refractivity contribution in [2.75, 3.05) is 7.11 Å². The van der Waals surface area contributed by atoms with Crippen LogP contribution in [0.1, 0.15) is 31.9 Å². The number of hydrogen-bond donors (Lipinski definition) is 0. The predicted molar refractivity (Wildman–Crippen MR) is 104 cm³/mol. The van der Waals surface area contributed by atoms with Crippen molar-refractivity contribution in [3.05, 3.63) is 64.4 Å². The lowest BCUT2D eigenvalue weighted by Crippen LogP contribution is -2.26. The van der Waals surface area contributed by atoms with Gasteiger partial charge in [-0.15, -0.1) is 0 Å². The van der Waals surface area contributed by atoms with Gasteiger partial charge in [0.25, 0.3) is 5.56 Å². The second kappa shape index (κ2) is 7.74. The first-order valence-electron chi connectivity index (χ1n) is 8.41. The molecule has 25 heavy (non-hydrogen) atoms. The van der Waals surface area contributed by atoms with Crippen molar-refractivity contribution in [1.29, 1.82) is 0 Å². The zero-order chi connectivity index (χ0) is 17.8. The molecule has 0 aliphatic rings. The summed E-state index contributed by atoms with van der Waals surface area (Å²) in [5, 5.41) is 1.42. The SMILES string of the molecule is CC[C@H](C)n1c(SCc2ccccc2OC)nc2ccccc2c1=O. The van der Waals surface area contributed by atoms with Crippen molar-refractivity contribution in [2.45, 2.75) is 37.2 Å². The Bertz CT molecular complexity index is 936. The Morgan fingerprint density at radius 2 is 1.88 bits per heavy atom. The van der Waals surface area contributed by atoms with E-state index >= 15 is 0 Å². The van der Waals surface area contributed by atoms with Gasteiger partial charge in [-0.25, -0.2) is 4.98 Å². The molecule has 1 atom stereocenters. The number of hydrogen-bond acceptors (Lipinski definition) is 4. The molecule has 1 heterocycles. The highest BCUT2D eigenvalue weighted by atomic mass is 32.2. The maximum absolute atomic E-state index is 13.0. The Morgan fingerprint density at radius 3 is 2.64 bits per heavy atom. The monoisotopic (exact) mass is 354 g/mol. The summed E-state index contributed by atoms with van der Waals surface area (Å²) < 4.78 is 7.25. The van der Waals surface area contributed by atoms with Gasteiger partial charge in [0.2, 0.25) is 0 Å².